The Hall–Kier alpha value is -9.64. The maximum atomic E-state index is 2.52. The molecule has 0 unspecified atom stereocenters. The molecule has 0 spiro atoms. The summed E-state index contributed by atoms with van der Waals surface area (Å²) in [5.41, 5.74) is 58.1. The van der Waals surface area contributed by atoms with Crippen LogP contribution in [0.25, 0.3) is 89.5 Å². The first-order chi connectivity index (χ1) is 55.0. The molecule has 8 aromatic carbocycles. The van der Waals surface area contributed by atoms with Gasteiger partial charge in [0.2, 0.25) is 22.8 Å². The summed E-state index contributed by atoms with van der Waals surface area (Å²) in [4.78, 5) is 0. The number of hydrogen-bond donors (Lipinski definition) is 0. The van der Waals surface area contributed by atoms with E-state index in [2.05, 4.69) is 382 Å². The second-order valence-corrected chi connectivity index (χ2v) is 42.7. The van der Waals surface area contributed by atoms with Gasteiger partial charge in [0.1, 0.15) is 28.2 Å². The number of benzene rings is 8. The van der Waals surface area contributed by atoms with E-state index in [4.69, 9.17) is 0 Å². The molecular weight excluding hydrogens is 1410 g/mol. The van der Waals surface area contributed by atoms with Gasteiger partial charge in [-0.15, -0.1) is 0 Å². The molecule has 0 saturated carbocycles. The van der Waals surface area contributed by atoms with E-state index in [1.54, 1.807) is 0 Å². The second-order valence-electron chi connectivity index (χ2n) is 42.7. The van der Waals surface area contributed by atoms with E-state index in [1.165, 1.54) is 256 Å². The lowest BCUT2D eigenvalue weighted by molar-refractivity contribution is -0.661. The molecule has 0 bridgehead atoms. The Bertz CT molecular complexity index is 6200. The molecule has 0 atom stereocenters. The number of nitrogens with zero attached hydrogens (tertiary/aromatic N) is 4. The summed E-state index contributed by atoms with van der Waals surface area (Å²) in [6.07, 6.45) is 21.2. The minimum Gasteiger partial charge on any atom is -0.201 e. The molecule has 4 heterocycles. The molecule has 12 aromatic rings. The van der Waals surface area contributed by atoms with Crippen LogP contribution in [-0.2, 0) is 97.2 Å². The average molecular weight is 1540 g/mol. The summed E-state index contributed by atoms with van der Waals surface area (Å²) in [5.74, 6) is 0. The van der Waals surface area contributed by atoms with Gasteiger partial charge in [0.05, 0.1) is 22.3 Å². The molecule has 117 heavy (non-hydrogen) atoms. The van der Waals surface area contributed by atoms with Crippen LogP contribution in [-0.4, -0.2) is 0 Å². The van der Waals surface area contributed by atoms with Crippen LogP contribution >= 0.6 is 0 Å². The molecule has 8 aliphatic rings. The van der Waals surface area contributed by atoms with E-state index < -0.39 is 0 Å². The van der Waals surface area contributed by atoms with Crippen molar-refractivity contribution in [1.82, 2.24) is 0 Å². The van der Waals surface area contributed by atoms with Crippen molar-refractivity contribution in [3.63, 3.8) is 0 Å². The Balaban J connectivity index is 0.000000112. The number of rotatable bonds is 4. The van der Waals surface area contributed by atoms with Gasteiger partial charge in [-0.25, -0.2) is 18.3 Å². The van der Waals surface area contributed by atoms with Gasteiger partial charge in [-0.3, -0.25) is 0 Å². The number of pyridine rings is 4. The Morgan fingerprint density at radius 2 is 0.530 bits per heavy atom. The van der Waals surface area contributed by atoms with E-state index in [9.17, 15) is 0 Å². The summed E-state index contributed by atoms with van der Waals surface area (Å²) < 4.78 is 9.52. The van der Waals surface area contributed by atoms with E-state index >= 15 is 0 Å². The van der Waals surface area contributed by atoms with Crippen LogP contribution in [0.1, 0.15) is 277 Å². The zero-order valence-corrected chi connectivity index (χ0v) is 76.1. The highest BCUT2D eigenvalue weighted by Gasteiger charge is 2.48. The van der Waals surface area contributed by atoms with Crippen molar-refractivity contribution in [2.45, 2.75) is 267 Å². The lowest BCUT2D eigenvalue weighted by Gasteiger charge is -2.40. The highest BCUT2D eigenvalue weighted by atomic mass is 14.9. The maximum Gasteiger partial charge on any atom is 0.213 e. The third-order valence-corrected chi connectivity index (χ3v) is 30.2. The average Bonchev–Trinajstić information content (AvgIpc) is 1.56. The fourth-order valence-electron chi connectivity index (χ4n) is 23.9. The van der Waals surface area contributed by atoms with Gasteiger partial charge >= 0.3 is 0 Å². The van der Waals surface area contributed by atoms with Crippen molar-refractivity contribution >= 4 is 0 Å². The maximum absolute atomic E-state index is 2.52. The van der Waals surface area contributed by atoms with Gasteiger partial charge in [0.25, 0.3) is 0 Å². The second kappa shape index (κ2) is 27.7. The van der Waals surface area contributed by atoms with Crippen molar-refractivity contribution in [2.24, 2.45) is 28.2 Å². The van der Waals surface area contributed by atoms with Crippen molar-refractivity contribution in [3.05, 3.63) is 304 Å². The van der Waals surface area contributed by atoms with Crippen LogP contribution in [0, 0.1) is 48.5 Å². The molecular formula is C113H130N4+4. The normalized spacial score (nSPS) is 17.9. The monoisotopic (exact) mass is 1540 g/mol. The summed E-state index contributed by atoms with van der Waals surface area (Å²) in [6, 6.07) is 57.9. The molecule has 4 aromatic heterocycles. The van der Waals surface area contributed by atoms with Crippen molar-refractivity contribution < 1.29 is 18.3 Å². The lowest BCUT2D eigenvalue weighted by atomic mass is 9.63. The Kier molecular flexibility index (Phi) is 18.9. The minimum absolute atomic E-state index is 0.216. The predicted octanol–water partition coefficient (Wildman–Crippen LogP) is 25.8. The van der Waals surface area contributed by atoms with Crippen LogP contribution < -0.4 is 18.3 Å². The van der Waals surface area contributed by atoms with Crippen molar-refractivity contribution in [2.75, 3.05) is 0 Å². The van der Waals surface area contributed by atoms with Gasteiger partial charge in [-0.2, -0.15) is 0 Å². The summed E-state index contributed by atoms with van der Waals surface area (Å²) in [7, 11) is 8.92. The third kappa shape index (κ3) is 13.2. The Morgan fingerprint density at radius 3 is 0.983 bits per heavy atom. The fourth-order valence-corrected chi connectivity index (χ4v) is 23.9. The summed E-state index contributed by atoms with van der Waals surface area (Å²) >= 11 is 0. The molecule has 4 nitrogen and oxygen atoms in total. The summed E-state index contributed by atoms with van der Waals surface area (Å²) in [6.45, 7) is 54.3. The van der Waals surface area contributed by atoms with Crippen LogP contribution in [0.15, 0.2) is 176 Å². The van der Waals surface area contributed by atoms with Gasteiger partial charge in [0.15, 0.2) is 24.8 Å². The first kappa shape index (κ1) is 79.8. The van der Waals surface area contributed by atoms with Crippen molar-refractivity contribution in [3.8, 4) is 89.5 Å². The first-order valence-corrected chi connectivity index (χ1v) is 44.0. The Labute approximate surface area is 702 Å². The third-order valence-electron chi connectivity index (χ3n) is 30.2. The number of fused-ring (bicyclic) bond motifs is 16. The molecule has 0 aliphatic heterocycles. The number of aryl methyl sites for hydroxylation is 11. The van der Waals surface area contributed by atoms with E-state index in [0.717, 1.165) is 25.7 Å². The molecule has 4 heteroatoms. The highest BCUT2D eigenvalue weighted by Crippen LogP contribution is 2.56. The van der Waals surface area contributed by atoms with Crippen LogP contribution in [0.2, 0.25) is 0 Å². The zero-order valence-electron chi connectivity index (χ0n) is 76.1. The van der Waals surface area contributed by atoms with Crippen LogP contribution in [0.3, 0.4) is 0 Å². The van der Waals surface area contributed by atoms with Gasteiger partial charge in [-0.05, 0) is 301 Å². The molecule has 8 aliphatic carbocycles. The number of aromatic nitrogens is 4. The molecule has 0 fully saturated rings. The molecule has 0 amide bonds. The topological polar surface area (TPSA) is 15.5 Å². The SMILES string of the molecule is Cc1cc(C)c(-c2cc3c(c[n+]2C)C(C)(C)CCC3(C)C)c2c1-c1ccccc1C2.Cc1ccc2c(c1)Cc1c-2ccc(C)c1-c1cc2c(c[n+]1C)C(C)(C)CC2(C)C.Cc1ccc2c(c1-c1cc3c(c[n+]1C)C(C)(C)CCC3(C)C)Cc1ccccc1-2.Cc1cccc2c1Cc1c-2ccc(C)c1-c1cc2c(c[n+]1C)C(C)(C)CC2(C)C. The quantitative estimate of drug-likeness (QED) is 0.156. The fraction of sp³-hybridized carbons (Fsp3) is 0.398. The van der Waals surface area contributed by atoms with Gasteiger partial charge in [-0.1, -0.05) is 244 Å². The Morgan fingerprint density at radius 1 is 0.222 bits per heavy atom. The van der Waals surface area contributed by atoms with Gasteiger partial charge in [0, 0.05) is 46.5 Å². The summed E-state index contributed by atoms with van der Waals surface area (Å²) in [5, 5.41) is 0. The predicted molar refractivity (Wildman–Crippen MR) is 490 cm³/mol. The van der Waals surface area contributed by atoms with Crippen LogP contribution in [0.4, 0.5) is 0 Å². The largest absolute Gasteiger partial charge is 0.213 e. The van der Waals surface area contributed by atoms with E-state index in [1.807, 2.05) is 0 Å². The molecule has 0 radical (unpaired) electrons. The van der Waals surface area contributed by atoms with E-state index in [0.29, 0.717) is 0 Å². The smallest absolute Gasteiger partial charge is 0.201 e. The van der Waals surface area contributed by atoms with Crippen LogP contribution in [0.5, 0.6) is 0 Å². The standard InChI is InChI=1S/C29H34N.3C28H32N/c1-18-14-19(2)27(22-15-20-10-8-9-11-21(20)26(18)22)25-16-23-24(17-30(25)7)29(5,6)13-12-28(23,3)4;1-17-8-10-20-19(12-17)13-22-21(20)11-9-18(2)26(22)25-14-23-24(15-29(25)7)28(5,6)16-27(23,3)4;1-17-9-8-10-19-20-12-11-18(2)26(22(20)13-21(17)19)25-14-23-24(15-29(25)7)28(5,6)16-27(23,3)4;1-18-11-12-21-20-10-8-7-9-19(20)15-22(21)26(18)25-16-23-24(17-29(25)6)28(4,5)14-13-27(23,2)3/h8-11,14,16-17H,12-13,15H2,1-7H3;2*8-12,14-15H,13,16H2,1-7H3;7-12,16-17H,13-15H2,1-6H3/q4*+1. The molecule has 0 N–H and O–H groups in total. The minimum atomic E-state index is 0.216. The first-order valence-electron chi connectivity index (χ1n) is 44.0. The van der Waals surface area contributed by atoms with E-state index in [-0.39, 0.29) is 43.3 Å². The van der Waals surface area contributed by atoms with Crippen molar-refractivity contribution in [1.29, 1.82) is 0 Å². The molecule has 20 rings (SSSR count). The lowest BCUT2D eigenvalue weighted by Crippen LogP contribution is -2.40. The van der Waals surface area contributed by atoms with Gasteiger partial charge < -0.3 is 0 Å². The highest BCUT2D eigenvalue weighted by molar-refractivity contribution is 5.90. The zero-order chi connectivity index (χ0) is 83.4. The molecule has 0 saturated heterocycles. The molecule has 598 valence electrons. The number of hydrogen-bond acceptors (Lipinski definition) is 0.